The van der Waals surface area contributed by atoms with Crippen LogP contribution in [0.15, 0.2) is 24.3 Å². The molecule has 1 aromatic rings. The van der Waals surface area contributed by atoms with E-state index in [1.165, 1.54) is 0 Å². The lowest BCUT2D eigenvalue weighted by Crippen LogP contribution is -2.04. The minimum Gasteiger partial charge on any atom is -0.494 e. The lowest BCUT2D eigenvalue weighted by Gasteiger charge is -2.08. The van der Waals surface area contributed by atoms with Crippen molar-refractivity contribution in [3.63, 3.8) is 0 Å². The lowest BCUT2D eigenvalue weighted by molar-refractivity contribution is 0.184. The molecule has 1 aliphatic heterocycles. The first-order chi connectivity index (χ1) is 8.88. The van der Waals surface area contributed by atoms with E-state index in [1.54, 1.807) is 7.11 Å². The smallest absolute Gasteiger partial charge is 0.119 e. The maximum atomic E-state index is 5.61. The number of methoxy groups -OCH3 is 1. The van der Waals surface area contributed by atoms with Gasteiger partial charge in [0.15, 0.2) is 0 Å². The first-order valence-corrected chi connectivity index (χ1v) is 6.34. The number of unbranched alkanes of at least 4 members (excludes halogenated alkanes) is 1. The molecule has 100 valence electrons. The molecule has 1 atom stereocenters. The Morgan fingerprint density at radius 2 is 1.67 bits per heavy atom. The van der Waals surface area contributed by atoms with Gasteiger partial charge in [0.25, 0.3) is 0 Å². The third-order valence-corrected chi connectivity index (χ3v) is 2.67. The standard InChI is InChI=1S/C14H20O4/c1-15-8-2-3-9-16-12-4-6-13(7-5-12)17-10-14-11-18-14/h4-7,14H,2-3,8-11H2,1H3. The fourth-order valence-corrected chi connectivity index (χ4v) is 1.52. The number of rotatable bonds is 9. The summed E-state index contributed by atoms with van der Waals surface area (Å²) in [6.07, 6.45) is 2.33. The Kier molecular flexibility index (Phi) is 5.30. The number of hydrogen-bond acceptors (Lipinski definition) is 4. The van der Waals surface area contributed by atoms with Crippen LogP contribution in [0.3, 0.4) is 0 Å². The summed E-state index contributed by atoms with van der Waals surface area (Å²) in [6.45, 7) is 2.97. The Morgan fingerprint density at radius 3 is 2.28 bits per heavy atom. The van der Waals surface area contributed by atoms with E-state index in [1.807, 2.05) is 24.3 Å². The molecule has 1 unspecified atom stereocenters. The molecule has 1 heterocycles. The molecule has 1 fully saturated rings. The Morgan fingerprint density at radius 1 is 1.06 bits per heavy atom. The fraction of sp³-hybridized carbons (Fsp3) is 0.571. The largest absolute Gasteiger partial charge is 0.494 e. The van der Waals surface area contributed by atoms with Crippen molar-refractivity contribution in [2.45, 2.75) is 18.9 Å². The van der Waals surface area contributed by atoms with Crippen molar-refractivity contribution in [1.29, 1.82) is 0 Å². The average molecular weight is 252 g/mol. The normalized spacial score (nSPS) is 17.5. The summed E-state index contributed by atoms with van der Waals surface area (Å²) in [5, 5.41) is 0. The fourth-order valence-electron chi connectivity index (χ4n) is 1.52. The zero-order chi connectivity index (χ0) is 12.6. The van der Waals surface area contributed by atoms with Gasteiger partial charge in [0, 0.05) is 13.7 Å². The van der Waals surface area contributed by atoms with Crippen molar-refractivity contribution >= 4 is 0 Å². The molecule has 0 amide bonds. The van der Waals surface area contributed by atoms with Gasteiger partial charge in [0.05, 0.1) is 13.2 Å². The molecule has 0 saturated carbocycles. The molecular formula is C14H20O4. The van der Waals surface area contributed by atoms with Gasteiger partial charge >= 0.3 is 0 Å². The van der Waals surface area contributed by atoms with Crippen LogP contribution in [-0.2, 0) is 9.47 Å². The third-order valence-electron chi connectivity index (χ3n) is 2.67. The van der Waals surface area contributed by atoms with Crippen LogP contribution in [0.4, 0.5) is 0 Å². The quantitative estimate of drug-likeness (QED) is 0.499. The van der Waals surface area contributed by atoms with Crippen molar-refractivity contribution < 1.29 is 18.9 Å². The van der Waals surface area contributed by atoms with Crippen molar-refractivity contribution in [3.05, 3.63) is 24.3 Å². The highest BCUT2D eigenvalue weighted by Crippen LogP contribution is 2.19. The van der Waals surface area contributed by atoms with Gasteiger partial charge in [-0.25, -0.2) is 0 Å². The predicted octanol–water partition coefficient (Wildman–Crippen LogP) is 2.27. The van der Waals surface area contributed by atoms with E-state index in [0.29, 0.717) is 12.7 Å². The van der Waals surface area contributed by atoms with Crippen LogP contribution >= 0.6 is 0 Å². The summed E-state index contributed by atoms with van der Waals surface area (Å²) >= 11 is 0. The van der Waals surface area contributed by atoms with Crippen molar-refractivity contribution in [2.75, 3.05) is 33.5 Å². The molecule has 18 heavy (non-hydrogen) atoms. The van der Waals surface area contributed by atoms with Gasteiger partial charge in [0.2, 0.25) is 0 Å². The highest BCUT2D eigenvalue weighted by molar-refractivity contribution is 5.31. The van der Waals surface area contributed by atoms with Gasteiger partial charge in [-0.3, -0.25) is 0 Å². The van der Waals surface area contributed by atoms with Crippen LogP contribution in [0, 0.1) is 0 Å². The topological polar surface area (TPSA) is 40.2 Å². The van der Waals surface area contributed by atoms with E-state index in [0.717, 1.165) is 44.2 Å². The average Bonchev–Trinajstić information content (AvgIpc) is 3.22. The molecule has 1 aliphatic rings. The molecule has 0 N–H and O–H groups in total. The number of epoxide rings is 1. The van der Waals surface area contributed by atoms with Crippen LogP contribution in [0.1, 0.15) is 12.8 Å². The molecule has 0 radical (unpaired) electrons. The Hall–Kier alpha value is -1.26. The first-order valence-electron chi connectivity index (χ1n) is 6.34. The van der Waals surface area contributed by atoms with Gasteiger partial charge in [0.1, 0.15) is 24.2 Å². The molecule has 0 aliphatic carbocycles. The summed E-state index contributed by atoms with van der Waals surface area (Å²) in [5.74, 6) is 1.74. The van der Waals surface area contributed by atoms with Crippen molar-refractivity contribution in [1.82, 2.24) is 0 Å². The summed E-state index contributed by atoms with van der Waals surface area (Å²) in [7, 11) is 1.71. The van der Waals surface area contributed by atoms with Crippen LogP contribution in [-0.4, -0.2) is 39.6 Å². The van der Waals surface area contributed by atoms with Crippen molar-refractivity contribution in [2.24, 2.45) is 0 Å². The second-order valence-electron chi connectivity index (χ2n) is 4.29. The third kappa shape index (κ3) is 4.94. The van der Waals surface area contributed by atoms with E-state index in [-0.39, 0.29) is 0 Å². The molecule has 4 heteroatoms. The van der Waals surface area contributed by atoms with Gasteiger partial charge in [-0.05, 0) is 37.1 Å². The van der Waals surface area contributed by atoms with Crippen LogP contribution < -0.4 is 9.47 Å². The summed E-state index contributed by atoms with van der Waals surface area (Å²) in [6, 6.07) is 7.71. The second kappa shape index (κ2) is 7.24. The van der Waals surface area contributed by atoms with Gasteiger partial charge < -0.3 is 18.9 Å². The Labute approximate surface area is 108 Å². The van der Waals surface area contributed by atoms with E-state index < -0.39 is 0 Å². The Balaban J connectivity index is 1.63. The minimum atomic E-state index is 0.293. The predicted molar refractivity (Wildman–Crippen MR) is 68.3 cm³/mol. The van der Waals surface area contributed by atoms with Gasteiger partial charge in [-0.2, -0.15) is 0 Å². The highest BCUT2D eigenvalue weighted by atomic mass is 16.6. The number of ether oxygens (including phenoxy) is 4. The molecular weight excluding hydrogens is 232 g/mol. The lowest BCUT2D eigenvalue weighted by atomic mass is 10.3. The summed E-state index contributed by atoms with van der Waals surface area (Å²) in [4.78, 5) is 0. The van der Waals surface area contributed by atoms with Crippen LogP contribution in [0.5, 0.6) is 11.5 Å². The number of hydrogen-bond donors (Lipinski definition) is 0. The van der Waals surface area contributed by atoms with Crippen LogP contribution in [0.25, 0.3) is 0 Å². The molecule has 4 nitrogen and oxygen atoms in total. The van der Waals surface area contributed by atoms with Gasteiger partial charge in [-0.15, -0.1) is 0 Å². The molecule has 0 bridgehead atoms. The van der Waals surface area contributed by atoms with E-state index in [4.69, 9.17) is 18.9 Å². The zero-order valence-electron chi connectivity index (χ0n) is 10.8. The Bertz CT molecular complexity index is 332. The molecule has 1 aromatic carbocycles. The second-order valence-corrected chi connectivity index (χ2v) is 4.29. The van der Waals surface area contributed by atoms with Gasteiger partial charge in [-0.1, -0.05) is 0 Å². The molecule has 0 spiro atoms. The van der Waals surface area contributed by atoms with E-state index in [2.05, 4.69) is 0 Å². The van der Waals surface area contributed by atoms with Crippen LogP contribution in [0.2, 0.25) is 0 Å². The zero-order valence-corrected chi connectivity index (χ0v) is 10.8. The van der Waals surface area contributed by atoms with E-state index in [9.17, 15) is 0 Å². The molecule has 1 saturated heterocycles. The first kappa shape index (κ1) is 13.2. The summed E-state index contributed by atoms with van der Waals surface area (Å²) < 4.78 is 21.2. The van der Waals surface area contributed by atoms with Crippen molar-refractivity contribution in [3.8, 4) is 11.5 Å². The maximum Gasteiger partial charge on any atom is 0.119 e. The van der Waals surface area contributed by atoms with E-state index >= 15 is 0 Å². The monoisotopic (exact) mass is 252 g/mol. The minimum absolute atomic E-state index is 0.293. The highest BCUT2D eigenvalue weighted by Gasteiger charge is 2.22. The maximum absolute atomic E-state index is 5.61. The SMILES string of the molecule is COCCCCOc1ccc(OCC2CO2)cc1. The number of benzene rings is 1. The molecule has 0 aromatic heterocycles. The molecule has 2 rings (SSSR count). The summed E-state index contributed by atoms with van der Waals surface area (Å²) in [5.41, 5.74) is 0.